The number of nitrogens with zero attached hydrogens (tertiary/aromatic N) is 1. The number of benzene rings is 1. The highest BCUT2D eigenvalue weighted by Gasteiger charge is 2.19. The molecule has 1 heterocycles. The van der Waals surface area contributed by atoms with Crippen LogP contribution in [0.3, 0.4) is 0 Å². The molecule has 2 rings (SSSR count). The summed E-state index contributed by atoms with van der Waals surface area (Å²) in [4.78, 5) is 16.0. The summed E-state index contributed by atoms with van der Waals surface area (Å²) in [7, 11) is 1.57. The summed E-state index contributed by atoms with van der Waals surface area (Å²) in [5, 5.41) is 9.96. The first-order valence-corrected chi connectivity index (χ1v) is 6.64. The number of carbonyl (C=O) groups is 1. The molecule has 5 heteroatoms. The van der Waals surface area contributed by atoms with E-state index in [0.29, 0.717) is 17.3 Å². The number of aromatic nitrogens is 1. The van der Waals surface area contributed by atoms with Gasteiger partial charge in [-0.05, 0) is 19.4 Å². The van der Waals surface area contributed by atoms with Crippen molar-refractivity contribution in [1.82, 2.24) is 4.98 Å². The van der Waals surface area contributed by atoms with Gasteiger partial charge < -0.3 is 9.84 Å². The Balaban J connectivity index is 2.56. The molecule has 4 nitrogen and oxygen atoms in total. The standard InChI is InChI=1S/C14H15NO3S/c1-8-4-5-10(9(2)6-8)12-13(14(16)17)19-11(15-12)7-18-3/h4-6H,7H2,1-3H3,(H,16,17). The molecule has 1 aromatic heterocycles. The lowest BCUT2D eigenvalue weighted by Crippen LogP contribution is -1.96. The molecule has 0 bridgehead atoms. The van der Waals surface area contributed by atoms with Gasteiger partial charge in [0.1, 0.15) is 9.88 Å². The van der Waals surface area contributed by atoms with Crippen molar-refractivity contribution in [2.24, 2.45) is 0 Å². The van der Waals surface area contributed by atoms with Gasteiger partial charge in [-0.3, -0.25) is 0 Å². The summed E-state index contributed by atoms with van der Waals surface area (Å²) < 4.78 is 5.02. The number of methoxy groups -OCH3 is 1. The molecule has 0 saturated heterocycles. The molecule has 1 aromatic carbocycles. The molecule has 0 saturated carbocycles. The Morgan fingerprint density at radius 2 is 2.16 bits per heavy atom. The predicted octanol–water partition coefficient (Wildman–Crippen LogP) is 3.27. The SMILES string of the molecule is COCc1nc(-c2ccc(C)cc2C)c(C(=O)O)s1. The number of carboxylic acids is 1. The third-order valence-corrected chi connectivity index (χ3v) is 3.79. The summed E-state index contributed by atoms with van der Waals surface area (Å²) >= 11 is 1.16. The highest BCUT2D eigenvalue weighted by atomic mass is 32.1. The van der Waals surface area contributed by atoms with E-state index in [1.165, 1.54) is 0 Å². The van der Waals surface area contributed by atoms with Gasteiger partial charge in [0.15, 0.2) is 0 Å². The van der Waals surface area contributed by atoms with Gasteiger partial charge in [0.25, 0.3) is 0 Å². The van der Waals surface area contributed by atoms with E-state index in [1.54, 1.807) is 7.11 Å². The summed E-state index contributed by atoms with van der Waals surface area (Å²) in [6.07, 6.45) is 0. The summed E-state index contributed by atoms with van der Waals surface area (Å²) in [6, 6.07) is 5.91. The van der Waals surface area contributed by atoms with Crippen LogP contribution in [0, 0.1) is 13.8 Å². The lowest BCUT2D eigenvalue weighted by Gasteiger charge is -2.05. The molecule has 1 N–H and O–H groups in total. The fraction of sp³-hybridized carbons (Fsp3) is 0.286. The lowest BCUT2D eigenvalue weighted by atomic mass is 10.0. The largest absolute Gasteiger partial charge is 0.477 e. The molecule has 0 aliphatic carbocycles. The van der Waals surface area contributed by atoms with E-state index in [2.05, 4.69) is 4.98 Å². The van der Waals surface area contributed by atoms with Crippen molar-refractivity contribution in [1.29, 1.82) is 0 Å². The van der Waals surface area contributed by atoms with Crippen LogP contribution in [-0.4, -0.2) is 23.2 Å². The van der Waals surface area contributed by atoms with E-state index in [0.717, 1.165) is 28.0 Å². The Labute approximate surface area is 115 Å². The molecule has 2 aromatic rings. The molecule has 0 radical (unpaired) electrons. The summed E-state index contributed by atoms with van der Waals surface area (Å²) in [5.41, 5.74) is 3.56. The zero-order valence-corrected chi connectivity index (χ0v) is 11.9. The third-order valence-electron chi connectivity index (χ3n) is 2.77. The minimum atomic E-state index is -0.949. The van der Waals surface area contributed by atoms with Crippen LogP contribution < -0.4 is 0 Å². The van der Waals surface area contributed by atoms with E-state index in [-0.39, 0.29) is 4.88 Å². The van der Waals surface area contributed by atoms with Crippen LogP contribution in [0.4, 0.5) is 0 Å². The molecular formula is C14H15NO3S. The Morgan fingerprint density at radius 3 is 2.74 bits per heavy atom. The number of hydrogen-bond donors (Lipinski definition) is 1. The van der Waals surface area contributed by atoms with Crippen molar-refractivity contribution in [3.05, 3.63) is 39.2 Å². The fourth-order valence-corrected chi connectivity index (χ4v) is 2.85. The van der Waals surface area contributed by atoms with Crippen LogP contribution in [0.5, 0.6) is 0 Å². The molecule has 19 heavy (non-hydrogen) atoms. The average Bonchev–Trinajstić information content (AvgIpc) is 2.73. The van der Waals surface area contributed by atoms with Crippen LogP contribution in [0.1, 0.15) is 25.8 Å². The summed E-state index contributed by atoms with van der Waals surface area (Å²) in [6.45, 7) is 4.30. The monoisotopic (exact) mass is 277 g/mol. The van der Waals surface area contributed by atoms with Crippen molar-refractivity contribution in [2.45, 2.75) is 20.5 Å². The molecule has 100 valence electrons. The third kappa shape index (κ3) is 2.83. The van der Waals surface area contributed by atoms with Gasteiger partial charge in [-0.15, -0.1) is 11.3 Å². The molecular weight excluding hydrogens is 262 g/mol. The van der Waals surface area contributed by atoms with Gasteiger partial charge in [0, 0.05) is 12.7 Å². The van der Waals surface area contributed by atoms with Gasteiger partial charge in [0.2, 0.25) is 0 Å². The number of aromatic carboxylic acids is 1. The van der Waals surface area contributed by atoms with Gasteiger partial charge in [0.05, 0.1) is 12.3 Å². The lowest BCUT2D eigenvalue weighted by molar-refractivity contribution is 0.0702. The van der Waals surface area contributed by atoms with E-state index in [9.17, 15) is 9.90 Å². The van der Waals surface area contributed by atoms with Crippen LogP contribution >= 0.6 is 11.3 Å². The van der Waals surface area contributed by atoms with E-state index >= 15 is 0 Å². The van der Waals surface area contributed by atoms with E-state index in [4.69, 9.17) is 4.74 Å². The van der Waals surface area contributed by atoms with Gasteiger partial charge in [-0.1, -0.05) is 23.8 Å². The van der Waals surface area contributed by atoms with E-state index in [1.807, 2.05) is 32.0 Å². The second-order valence-corrected chi connectivity index (χ2v) is 5.43. The Kier molecular flexibility index (Phi) is 3.97. The number of hydrogen-bond acceptors (Lipinski definition) is 4. The number of carboxylic acid groups (broad SMARTS) is 1. The van der Waals surface area contributed by atoms with Crippen molar-refractivity contribution in [2.75, 3.05) is 7.11 Å². The Morgan fingerprint density at radius 1 is 1.42 bits per heavy atom. The highest BCUT2D eigenvalue weighted by molar-refractivity contribution is 7.14. The molecule has 0 aliphatic rings. The molecule has 0 aliphatic heterocycles. The number of thiazole rings is 1. The van der Waals surface area contributed by atoms with Crippen LogP contribution in [0.2, 0.25) is 0 Å². The van der Waals surface area contributed by atoms with Crippen LogP contribution in [0.25, 0.3) is 11.3 Å². The van der Waals surface area contributed by atoms with Crippen molar-refractivity contribution >= 4 is 17.3 Å². The van der Waals surface area contributed by atoms with Gasteiger partial charge in [-0.2, -0.15) is 0 Å². The minimum absolute atomic E-state index is 0.263. The number of aryl methyl sites for hydroxylation is 2. The number of rotatable bonds is 4. The van der Waals surface area contributed by atoms with Crippen molar-refractivity contribution in [3.63, 3.8) is 0 Å². The summed E-state index contributed by atoms with van der Waals surface area (Å²) in [5.74, 6) is -0.949. The minimum Gasteiger partial charge on any atom is -0.477 e. The van der Waals surface area contributed by atoms with Crippen LogP contribution in [0.15, 0.2) is 18.2 Å². The normalized spacial score (nSPS) is 10.7. The number of ether oxygens (including phenoxy) is 1. The zero-order chi connectivity index (χ0) is 14.0. The molecule has 0 amide bonds. The second-order valence-electron chi connectivity index (χ2n) is 4.34. The first-order chi connectivity index (χ1) is 9.02. The predicted molar refractivity (Wildman–Crippen MR) is 74.7 cm³/mol. The first-order valence-electron chi connectivity index (χ1n) is 5.82. The topological polar surface area (TPSA) is 59.4 Å². The average molecular weight is 277 g/mol. The van der Waals surface area contributed by atoms with Crippen molar-refractivity contribution < 1.29 is 14.6 Å². The maximum Gasteiger partial charge on any atom is 0.348 e. The Hall–Kier alpha value is -1.72. The Bertz CT molecular complexity index is 619. The van der Waals surface area contributed by atoms with Crippen molar-refractivity contribution in [3.8, 4) is 11.3 Å². The fourth-order valence-electron chi connectivity index (χ4n) is 1.96. The quantitative estimate of drug-likeness (QED) is 0.931. The second kappa shape index (κ2) is 5.50. The van der Waals surface area contributed by atoms with Gasteiger partial charge >= 0.3 is 5.97 Å². The van der Waals surface area contributed by atoms with Crippen LogP contribution in [-0.2, 0) is 11.3 Å². The maximum absolute atomic E-state index is 11.3. The first kappa shape index (κ1) is 13.7. The maximum atomic E-state index is 11.3. The molecule has 0 spiro atoms. The highest BCUT2D eigenvalue weighted by Crippen LogP contribution is 2.31. The molecule has 0 unspecified atom stereocenters. The molecule has 0 fully saturated rings. The smallest absolute Gasteiger partial charge is 0.348 e. The zero-order valence-electron chi connectivity index (χ0n) is 11.1. The van der Waals surface area contributed by atoms with E-state index < -0.39 is 5.97 Å². The molecule has 0 atom stereocenters. The van der Waals surface area contributed by atoms with Gasteiger partial charge in [-0.25, -0.2) is 9.78 Å².